The van der Waals surface area contributed by atoms with Crippen LogP contribution in [-0.4, -0.2) is 48.7 Å². The Morgan fingerprint density at radius 3 is 2.53 bits per heavy atom. The molecule has 1 N–H and O–H groups in total. The van der Waals surface area contributed by atoms with E-state index in [2.05, 4.69) is 0 Å². The van der Waals surface area contributed by atoms with Gasteiger partial charge in [-0.05, 0) is 13.3 Å². The second kappa shape index (κ2) is 5.11. The van der Waals surface area contributed by atoms with Crippen molar-refractivity contribution in [3.63, 3.8) is 0 Å². The largest absolute Gasteiger partial charge is 0.481 e. The van der Waals surface area contributed by atoms with Crippen molar-refractivity contribution in [1.29, 1.82) is 0 Å². The van der Waals surface area contributed by atoms with Crippen LogP contribution in [0.5, 0.6) is 0 Å². The molecule has 86 valence electrons. The van der Waals surface area contributed by atoms with Crippen LogP contribution in [0.15, 0.2) is 0 Å². The first-order valence-electron chi connectivity index (χ1n) is 5.12. The molecular formula is C10H17NO4. The number of nitrogens with zero attached hydrogens (tertiary/aromatic N) is 1. The van der Waals surface area contributed by atoms with Crippen molar-refractivity contribution in [2.75, 3.05) is 26.8 Å². The van der Waals surface area contributed by atoms with Gasteiger partial charge >= 0.3 is 5.97 Å². The quantitative estimate of drug-likeness (QED) is 0.687. The van der Waals surface area contributed by atoms with Gasteiger partial charge in [-0.2, -0.15) is 0 Å². The first kappa shape index (κ1) is 12.0. The van der Waals surface area contributed by atoms with Gasteiger partial charge in [0.15, 0.2) is 0 Å². The lowest BCUT2D eigenvalue weighted by Gasteiger charge is -2.20. The summed E-state index contributed by atoms with van der Waals surface area (Å²) in [7, 11) is 1.58. The molecule has 0 bridgehead atoms. The van der Waals surface area contributed by atoms with Crippen molar-refractivity contribution in [3.8, 4) is 0 Å². The number of carbonyl (C=O) groups excluding carboxylic acids is 1. The van der Waals surface area contributed by atoms with Crippen LogP contribution in [0, 0.1) is 11.8 Å². The smallest absolute Gasteiger partial charge is 0.307 e. The second-order valence-corrected chi connectivity index (χ2v) is 3.70. The minimum absolute atomic E-state index is 0.0537. The molecule has 1 aliphatic rings. The molecule has 0 aromatic heterocycles. The molecule has 1 saturated carbocycles. The van der Waals surface area contributed by atoms with Gasteiger partial charge in [-0.15, -0.1) is 0 Å². The molecule has 1 fully saturated rings. The number of carbonyl (C=O) groups is 2. The fourth-order valence-electron chi connectivity index (χ4n) is 1.60. The number of hydrogen-bond acceptors (Lipinski definition) is 3. The van der Waals surface area contributed by atoms with Gasteiger partial charge in [-0.3, -0.25) is 9.59 Å². The predicted molar refractivity (Wildman–Crippen MR) is 53.4 cm³/mol. The molecule has 1 amide bonds. The summed E-state index contributed by atoms with van der Waals surface area (Å²) in [6.07, 6.45) is 0.484. The highest BCUT2D eigenvalue weighted by atomic mass is 16.5. The Morgan fingerprint density at radius 1 is 1.47 bits per heavy atom. The highest BCUT2D eigenvalue weighted by Crippen LogP contribution is 2.39. The molecule has 0 radical (unpaired) electrons. The van der Waals surface area contributed by atoms with Crippen molar-refractivity contribution in [2.24, 2.45) is 11.8 Å². The molecule has 1 rings (SSSR count). The van der Waals surface area contributed by atoms with E-state index in [0.29, 0.717) is 26.1 Å². The van der Waals surface area contributed by atoms with E-state index in [-0.39, 0.29) is 11.8 Å². The maximum Gasteiger partial charge on any atom is 0.307 e. The molecule has 5 nitrogen and oxygen atoms in total. The van der Waals surface area contributed by atoms with Crippen LogP contribution in [0.2, 0.25) is 0 Å². The number of carboxylic acids is 1. The summed E-state index contributed by atoms with van der Waals surface area (Å²) in [5.74, 6) is -1.69. The van der Waals surface area contributed by atoms with E-state index in [0.717, 1.165) is 0 Å². The fourth-order valence-corrected chi connectivity index (χ4v) is 1.60. The Kier molecular flexibility index (Phi) is 4.08. The summed E-state index contributed by atoms with van der Waals surface area (Å²) in [4.78, 5) is 24.0. The highest BCUT2D eigenvalue weighted by Gasteiger charge is 2.49. The van der Waals surface area contributed by atoms with E-state index >= 15 is 0 Å². The minimum Gasteiger partial charge on any atom is -0.481 e. The highest BCUT2D eigenvalue weighted by molar-refractivity contribution is 5.89. The normalized spacial score (nSPS) is 23.6. The maximum atomic E-state index is 11.8. The third kappa shape index (κ3) is 2.92. The number of likely N-dealkylation sites (N-methyl/N-ethyl adjacent to an activating group) is 1. The SMILES string of the molecule is CCN(CCOC)C(=O)[C@@H]1C[C@@H]1C(=O)O. The van der Waals surface area contributed by atoms with Gasteiger partial charge in [0.25, 0.3) is 0 Å². The molecular weight excluding hydrogens is 198 g/mol. The Morgan fingerprint density at radius 2 is 2.13 bits per heavy atom. The van der Waals surface area contributed by atoms with Crippen molar-refractivity contribution < 1.29 is 19.4 Å². The third-order valence-corrected chi connectivity index (χ3v) is 2.68. The summed E-state index contributed by atoms with van der Waals surface area (Å²) in [5, 5.41) is 8.71. The molecule has 0 saturated heterocycles. The summed E-state index contributed by atoms with van der Waals surface area (Å²) in [6, 6.07) is 0. The van der Waals surface area contributed by atoms with Gasteiger partial charge < -0.3 is 14.7 Å². The van der Waals surface area contributed by atoms with Gasteiger partial charge in [-0.25, -0.2) is 0 Å². The van der Waals surface area contributed by atoms with Crippen LogP contribution in [0.4, 0.5) is 0 Å². The van der Waals surface area contributed by atoms with Gasteiger partial charge in [0, 0.05) is 20.2 Å². The summed E-state index contributed by atoms with van der Waals surface area (Å²) < 4.78 is 4.89. The number of rotatable bonds is 6. The van der Waals surface area contributed by atoms with Gasteiger partial charge in [0.05, 0.1) is 18.4 Å². The molecule has 1 aliphatic carbocycles. The Balaban J connectivity index is 2.41. The van der Waals surface area contributed by atoms with E-state index in [1.165, 1.54) is 0 Å². The Labute approximate surface area is 89.0 Å². The minimum atomic E-state index is -0.865. The van der Waals surface area contributed by atoms with Crippen LogP contribution in [-0.2, 0) is 14.3 Å². The van der Waals surface area contributed by atoms with Crippen molar-refractivity contribution in [2.45, 2.75) is 13.3 Å². The summed E-state index contributed by atoms with van der Waals surface area (Å²) in [6.45, 7) is 3.51. The zero-order valence-corrected chi connectivity index (χ0v) is 9.10. The molecule has 15 heavy (non-hydrogen) atoms. The lowest BCUT2D eigenvalue weighted by atomic mass is 10.2. The molecule has 0 spiro atoms. The lowest BCUT2D eigenvalue weighted by Crippen LogP contribution is -2.35. The first-order chi connectivity index (χ1) is 7.11. The van der Waals surface area contributed by atoms with E-state index in [9.17, 15) is 9.59 Å². The molecule has 0 unspecified atom stereocenters. The maximum absolute atomic E-state index is 11.8. The number of hydrogen-bond donors (Lipinski definition) is 1. The van der Waals surface area contributed by atoms with E-state index in [1.54, 1.807) is 12.0 Å². The van der Waals surface area contributed by atoms with Crippen LogP contribution < -0.4 is 0 Å². The molecule has 0 heterocycles. The van der Waals surface area contributed by atoms with Gasteiger partial charge in [0.1, 0.15) is 0 Å². The van der Waals surface area contributed by atoms with Gasteiger partial charge in [0.2, 0.25) is 5.91 Å². The number of amides is 1. The van der Waals surface area contributed by atoms with Gasteiger partial charge in [-0.1, -0.05) is 0 Å². The standard InChI is InChI=1S/C10H17NO4/c1-3-11(4-5-15-2)9(12)7-6-8(7)10(13)14/h7-8H,3-6H2,1-2H3,(H,13,14)/t7-,8+/m1/s1. The average Bonchev–Trinajstić information content (AvgIpc) is 2.98. The van der Waals surface area contributed by atoms with Crippen molar-refractivity contribution >= 4 is 11.9 Å². The molecule has 0 aromatic rings. The number of methoxy groups -OCH3 is 1. The monoisotopic (exact) mass is 215 g/mol. The van der Waals surface area contributed by atoms with Crippen molar-refractivity contribution in [1.82, 2.24) is 4.90 Å². The second-order valence-electron chi connectivity index (χ2n) is 3.70. The van der Waals surface area contributed by atoms with E-state index < -0.39 is 11.9 Å². The summed E-state index contributed by atoms with van der Waals surface area (Å²) >= 11 is 0. The van der Waals surface area contributed by atoms with E-state index in [1.807, 2.05) is 6.92 Å². The zero-order valence-electron chi connectivity index (χ0n) is 9.10. The number of carboxylic acid groups (broad SMARTS) is 1. The fraction of sp³-hybridized carbons (Fsp3) is 0.800. The Bertz CT molecular complexity index is 254. The number of ether oxygens (including phenoxy) is 1. The van der Waals surface area contributed by atoms with E-state index in [4.69, 9.17) is 9.84 Å². The zero-order chi connectivity index (χ0) is 11.4. The van der Waals surface area contributed by atoms with Crippen LogP contribution in [0.25, 0.3) is 0 Å². The molecule has 0 aliphatic heterocycles. The topological polar surface area (TPSA) is 66.8 Å². The average molecular weight is 215 g/mol. The molecule has 2 atom stereocenters. The first-order valence-corrected chi connectivity index (χ1v) is 5.12. The van der Waals surface area contributed by atoms with Crippen molar-refractivity contribution in [3.05, 3.63) is 0 Å². The predicted octanol–water partition coefficient (Wildman–Crippen LogP) is 0.202. The number of aliphatic carboxylic acids is 1. The molecule has 5 heteroatoms. The van der Waals surface area contributed by atoms with Crippen LogP contribution in [0.3, 0.4) is 0 Å². The lowest BCUT2D eigenvalue weighted by molar-refractivity contribution is -0.142. The van der Waals surface area contributed by atoms with Crippen LogP contribution in [0.1, 0.15) is 13.3 Å². The molecule has 0 aromatic carbocycles. The Hall–Kier alpha value is -1.10. The van der Waals surface area contributed by atoms with Crippen LogP contribution >= 0.6 is 0 Å². The third-order valence-electron chi connectivity index (χ3n) is 2.68. The summed E-state index contributed by atoms with van der Waals surface area (Å²) in [5.41, 5.74) is 0.